The Hall–Kier alpha value is -2.17. The molecule has 4 rings (SSSR count). The van der Waals surface area contributed by atoms with Gasteiger partial charge >= 0.3 is 0 Å². The second-order valence-corrected chi connectivity index (χ2v) is 7.42. The van der Waals surface area contributed by atoms with Gasteiger partial charge in [-0.05, 0) is 30.4 Å². The van der Waals surface area contributed by atoms with Crippen LogP contribution in [0, 0.1) is 11.8 Å². The zero-order valence-corrected chi connectivity index (χ0v) is 14.6. The fraction of sp³-hybridized carbons (Fsp3) is 0.550. The second kappa shape index (κ2) is 7.38. The normalized spacial score (nSPS) is 23.4. The number of para-hydroxylation sites is 1. The summed E-state index contributed by atoms with van der Waals surface area (Å²) in [6.07, 6.45) is 10.8. The summed E-state index contributed by atoms with van der Waals surface area (Å²) in [5.74, 6) is 2.56. The number of hydrogen-bond acceptors (Lipinski definition) is 3. The molecule has 2 aliphatic rings. The van der Waals surface area contributed by atoms with Crippen LogP contribution < -0.4 is 5.32 Å². The van der Waals surface area contributed by atoms with Gasteiger partial charge in [0.25, 0.3) is 0 Å². The summed E-state index contributed by atoms with van der Waals surface area (Å²) < 4.78 is 1.95. The zero-order valence-electron chi connectivity index (χ0n) is 14.6. The molecule has 2 saturated carbocycles. The lowest BCUT2D eigenvalue weighted by molar-refractivity contribution is -0.121. The molecule has 132 valence electrons. The van der Waals surface area contributed by atoms with Gasteiger partial charge < -0.3 is 5.32 Å². The quantitative estimate of drug-likeness (QED) is 0.879. The number of aromatic nitrogens is 3. The molecule has 1 aromatic heterocycles. The number of amides is 1. The van der Waals surface area contributed by atoms with Crippen molar-refractivity contribution >= 4 is 5.91 Å². The Kier molecular flexibility index (Phi) is 4.81. The van der Waals surface area contributed by atoms with Crippen LogP contribution in [-0.2, 0) is 11.2 Å². The Labute approximate surface area is 148 Å². The first-order chi connectivity index (χ1) is 12.3. The Morgan fingerprint density at radius 1 is 1.16 bits per heavy atom. The van der Waals surface area contributed by atoms with Crippen LogP contribution in [0.15, 0.2) is 36.7 Å². The van der Waals surface area contributed by atoms with Crippen LogP contribution in [0.5, 0.6) is 0 Å². The van der Waals surface area contributed by atoms with Crippen molar-refractivity contribution < 1.29 is 4.79 Å². The lowest BCUT2D eigenvalue weighted by atomic mass is 9.85. The van der Waals surface area contributed by atoms with E-state index in [0.29, 0.717) is 18.9 Å². The molecule has 2 fully saturated rings. The molecule has 2 atom stereocenters. The molecule has 2 aromatic rings. The maximum atomic E-state index is 12.3. The standard InChI is InChI=1S/C20H26N4O/c25-20(22-18-13-17(18)15-7-3-1-4-8-15)12-11-19-23-21-14-24(19)16-9-5-2-6-10-16/h2,5-6,9-10,14-15,17-18H,1,3-4,7-8,11-13H2,(H,22,25). The van der Waals surface area contributed by atoms with Crippen molar-refractivity contribution in [2.24, 2.45) is 11.8 Å². The summed E-state index contributed by atoms with van der Waals surface area (Å²) in [7, 11) is 0. The van der Waals surface area contributed by atoms with Gasteiger partial charge in [0.05, 0.1) is 0 Å². The third-order valence-corrected chi connectivity index (χ3v) is 5.67. The summed E-state index contributed by atoms with van der Waals surface area (Å²) in [5.41, 5.74) is 1.03. The number of hydrogen-bond donors (Lipinski definition) is 1. The van der Waals surface area contributed by atoms with E-state index in [0.717, 1.165) is 23.3 Å². The fourth-order valence-corrected chi connectivity index (χ4v) is 4.20. The van der Waals surface area contributed by atoms with Gasteiger partial charge in [-0.15, -0.1) is 10.2 Å². The first kappa shape index (κ1) is 16.3. The smallest absolute Gasteiger partial charge is 0.220 e. The van der Waals surface area contributed by atoms with Gasteiger partial charge in [-0.2, -0.15) is 0 Å². The molecule has 25 heavy (non-hydrogen) atoms. The van der Waals surface area contributed by atoms with Crippen molar-refractivity contribution in [2.45, 2.75) is 57.4 Å². The number of carbonyl (C=O) groups excluding carboxylic acids is 1. The van der Waals surface area contributed by atoms with Crippen LogP contribution in [-0.4, -0.2) is 26.7 Å². The van der Waals surface area contributed by atoms with Gasteiger partial charge in [-0.1, -0.05) is 50.3 Å². The second-order valence-electron chi connectivity index (χ2n) is 7.42. The minimum atomic E-state index is 0.144. The molecule has 0 saturated heterocycles. The van der Waals surface area contributed by atoms with E-state index in [9.17, 15) is 4.79 Å². The minimum absolute atomic E-state index is 0.144. The van der Waals surface area contributed by atoms with Crippen molar-refractivity contribution in [2.75, 3.05) is 0 Å². The summed E-state index contributed by atoms with van der Waals surface area (Å²) in [4.78, 5) is 12.3. The zero-order chi connectivity index (χ0) is 17.1. The lowest BCUT2D eigenvalue weighted by Crippen LogP contribution is -2.28. The van der Waals surface area contributed by atoms with Crippen LogP contribution in [0.25, 0.3) is 5.69 Å². The third-order valence-electron chi connectivity index (χ3n) is 5.67. The molecule has 2 aliphatic carbocycles. The van der Waals surface area contributed by atoms with Gasteiger partial charge in [0.15, 0.2) is 0 Å². The number of carbonyl (C=O) groups is 1. The van der Waals surface area contributed by atoms with E-state index >= 15 is 0 Å². The molecular weight excluding hydrogens is 312 g/mol. The summed E-state index contributed by atoms with van der Waals surface area (Å²) in [6.45, 7) is 0. The molecule has 0 spiro atoms. The predicted octanol–water partition coefficient (Wildman–Crippen LogP) is 3.28. The van der Waals surface area contributed by atoms with E-state index in [1.54, 1.807) is 6.33 Å². The molecule has 0 bridgehead atoms. The Balaban J connectivity index is 1.27. The molecule has 1 aromatic carbocycles. The van der Waals surface area contributed by atoms with Crippen molar-refractivity contribution in [3.63, 3.8) is 0 Å². The van der Waals surface area contributed by atoms with Crippen LogP contribution in [0.3, 0.4) is 0 Å². The van der Waals surface area contributed by atoms with E-state index in [-0.39, 0.29) is 5.91 Å². The van der Waals surface area contributed by atoms with Gasteiger partial charge in [0.2, 0.25) is 5.91 Å². The van der Waals surface area contributed by atoms with Crippen molar-refractivity contribution in [3.05, 3.63) is 42.5 Å². The highest BCUT2D eigenvalue weighted by atomic mass is 16.1. The average molecular weight is 338 g/mol. The van der Waals surface area contributed by atoms with Gasteiger partial charge in [-0.25, -0.2) is 0 Å². The Morgan fingerprint density at radius 2 is 1.96 bits per heavy atom. The van der Waals surface area contributed by atoms with E-state index in [4.69, 9.17) is 0 Å². The van der Waals surface area contributed by atoms with Crippen LogP contribution in [0.2, 0.25) is 0 Å². The summed E-state index contributed by atoms with van der Waals surface area (Å²) in [6, 6.07) is 10.4. The molecule has 2 unspecified atom stereocenters. The highest BCUT2D eigenvalue weighted by Crippen LogP contribution is 2.44. The van der Waals surface area contributed by atoms with E-state index < -0.39 is 0 Å². The fourth-order valence-electron chi connectivity index (χ4n) is 4.20. The van der Waals surface area contributed by atoms with Crippen LogP contribution in [0.1, 0.15) is 50.8 Å². The molecular formula is C20H26N4O. The number of aryl methyl sites for hydroxylation is 1. The van der Waals surface area contributed by atoms with E-state index in [2.05, 4.69) is 15.5 Å². The number of nitrogens with zero attached hydrogens (tertiary/aromatic N) is 3. The molecule has 1 amide bonds. The van der Waals surface area contributed by atoms with Crippen LogP contribution >= 0.6 is 0 Å². The van der Waals surface area contributed by atoms with E-state index in [1.165, 1.54) is 38.5 Å². The van der Waals surface area contributed by atoms with Crippen molar-refractivity contribution in [1.82, 2.24) is 20.1 Å². The predicted molar refractivity (Wildman–Crippen MR) is 96.3 cm³/mol. The SMILES string of the molecule is O=C(CCc1nncn1-c1ccccc1)NC1CC1C1CCCCC1. The minimum Gasteiger partial charge on any atom is -0.353 e. The van der Waals surface area contributed by atoms with Gasteiger partial charge in [-0.3, -0.25) is 9.36 Å². The lowest BCUT2D eigenvalue weighted by Gasteiger charge is -2.21. The number of nitrogens with one attached hydrogen (secondary N) is 1. The maximum absolute atomic E-state index is 12.3. The number of rotatable bonds is 6. The highest BCUT2D eigenvalue weighted by Gasteiger charge is 2.43. The highest BCUT2D eigenvalue weighted by molar-refractivity contribution is 5.76. The van der Waals surface area contributed by atoms with Crippen molar-refractivity contribution in [3.8, 4) is 5.69 Å². The molecule has 0 aliphatic heterocycles. The number of benzene rings is 1. The third kappa shape index (κ3) is 3.91. The summed E-state index contributed by atoms with van der Waals surface area (Å²) >= 11 is 0. The first-order valence-corrected chi connectivity index (χ1v) is 9.55. The van der Waals surface area contributed by atoms with Crippen LogP contribution in [0.4, 0.5) is 0 Å². The van der Waals surface area contributed by atoms with E-state index in [1.807, 2.05) is 34.9 Å². The molecule has 5 heteroatoms. The average Bonchev–Trinajstić information content (AvgIpc) is 3.26. The topological polar surface area (TPSA) is 59.8 Å². The Morgan fingerprint density at radius 3 is 2.76 bits per heavy atom. The first-order valence-electron chi connectivity index (χ1n) is 9.55. The molecule has 5 nitrogen and oxygen atoms in total. The Bertz CT molecular complexity index is 705. The van der Waals surface area contributed by atoms with Crippen molar-refractivity contribution in [1.29, 1.82) is 0 Å². The summed E-state index contributed by atoms with van der Waals surface area (Å²) in [5, 5.41) is 11.4. The van der Waals surface area contributed by atoms with Gasteiger partial charge in [0.1, 0.15) is 12.2 Å². The molecule has 0 radical (unpaired) electrons. The maximum Gasteiger partial charge on any atom is 0.220 e. The molecule has 1 heterocycles. The molecule has 1 N–H and O–H groups in total. The van der Waals surface area contributed by atoms with Gasteiger partial charge in [0, 0.05) is 24.6 Å². The largest absolute Gasteiger partial charge is 0.353 e. The monoisotopic (exact) mass is 338 g/mol.